The summed E-state index contributed by atoms with van der Waals surface area (Å²) in [7, 11) is 1.67. The molecular weight excluding hydrogens is 251 g/mol. The number of nitrogens with zero attached hydrogens (tertiary/aromatic N) is 5. The third kappa shape index (κ3) is 3.32. The third-order valence-electron chi connectivity index (χ3n) is 2.31. The number of tetrazole rings is 1. The lowest BCUT2D eigenvalue weighted by atomic mass is 10.3. The highest BCUT2D eigenvalue weighted by atomic mass is 19.1. The maximum atomic E-state index is 12.3. The number of rotatable bonds is 5. The van der Waals surface area contributed by atoms with E-state index >= 15 is 0 Å². The predicted molar refractivity (Wildman–Crippen MR) is 65.8 cm³/mol. The van der Waals surface area contributed by atoms with E-state index in [4.69, 9.17) is 10.5 Å². The van der Waals surface area contributed by atoms with Crippen LogP contribution in [0.5, 0.6) is 5.75 Å². The van der Waals surface area contributed by atoms with Crippen LogP contribution in [0.2, 0.25) is 0 Å². The first kappa shape index (κ1) is 13.1. The van der Waals surface area contributed by atoms with Crippen molar-refractivity contribution < 1.29 is 9.13 Å². The number of hydrogen-bond acceptors (Lipinski definition) is 6. The Balaban J connectivity index is 2.02. The van der Waals surface area contributed by atoms with Gasteiger partial charge in [-0.15, -0.1) is 10.2 Å². The van der Waals surface area contributed by atoms with Crippen molar-refractivity contribution in [2.45, 2.75) is 0 Å². The third-order valence-corrected chi connectivity index (χ3v) is 2.31. The van der Waals surface area contributed by atoms with Gasteiger partial charge in [-0.25, -0.2) is 9.37 Å². The number of aryl methyl sites for hydroxylation is 1. The predicted octanol–water partition coefficient (Wildman–Crippen LogP) is 0.463. The van der Waals surface area contributed by atoms with E-state index in [-0.39, 0.29) is 13.2 Å². The highest BCUT2D eigenvalue weighted by Crippen LogP contribution is 2.15. The Morgan fingerprint density at radius 3 is 2.89 bits per heavy atom. The number of aromatic nitrogens is 5. The zero-order valence-electron chi connectivity index (χ0n) is 10.3. The number of halogens is 1. The molecule has 0 aliphatic heterocycles. The fourth-order valence-electron chi connectivity index (χ4n) is 1.30. The molecule has 0 aliphatic rings. The van der Waals surface area contributed by atoms with E-state index in [1.54, 1.807) is 19.2 Å². The minimum absolute atomic E-state index is 0.0947. The minimum Gasteiger partial charge on any atom is -0.487 e. The fourth-order valence-corrected chi connectivity index (χ4v) is 1.30. The van der Waals surface area contributed by atoms with Crippen molar-refractivity contribution in [2.75, 3.05) is 13.2 Å². The molecule has 0 spiro atoms. The molecule has 0 aromatic carbocycles. The van der Waals surface area contributed by atoms with Crippen molar-refractivity contribution in [1.82, 2.24) is 25.2 Å². The molecule has 0 saturated heterocycles. The SMILES string of the molecule is Cn1nnc(-c2ccc(OCC(=CF)CN)cn2)n1. The molecule has 2 aromatic rings. The first-order chi connectivity index (χ1) is 9.22. The molecule has 2 N–H and O–H groups in total. The maximum absolute atomic E-state index is 12.3. The largest absolute Gasteiger partial charge is 0.487 e. The van der Waals surface area contributed by atoms with Gasteiger partial charge in [0.25, 0.3) is 0 Å². The van der Waals surface area contributed by atoms with Crippen LogP contribution in [0.15, 0.2) is 30.2 Å². The second kappa shape index (κ2) is 6.01. The fraction of sp³-hybridized carbons (Fsp3) is 0.273. The van der Waals surface area contributed by atoms with E-state index in [1.807, 2.05) is 0 Å². The van der Waals surface area contributed by atoms with E-state index in [9.17, 15) is 4.39 Å². The van der Waals surface area contributed by atoms with Gasteiger partial charge in [-0.3, -0.25) is 0 Å². The number of nitrogens with two attached hydrogens (primary N) is 1. The van der Waals surface area contributed by atoms with Crippen LogP contribution in [-0.2, 0) is 7.05 Å². The van der Waals surface area contributed by atoms with Crippen molar-refractivity contribution in [1.29, 1.82) is 0 Å². The summed E-state index contributed by atoms with van der Waals surface area (Å²) < 4.78 is 17.6. The van der Waals surface area contributed by atoms with Crippen molar-refractivity contribution in [3.05, 3.63) is 30.2 Å². The summed E-state index contributed by atoms with van der Waals surface area (Å²) in [5, 5.41) is 11.6. The van der Waals surface area contributed by atoms with Gasteiger partial charge in [0.15, 0.2) is 0 Å². The highest BCUT2D eigenvalue weighted by Gasteiger charge is 2.06. The van der Waals surface area contributed by atoms with Crippen LogP contribution in [0.4, 0.5) is 4.39 Å². The summed E-state index contributed by atoms with van der Waals surface area (Å²) in [5.74, 6) is 0.945. The van der Waals surface area contributed by atoms with E-state index in [1.165, 1.54) is 11.0 Å². The molecule has 0 unspecified atom stereocenters. The number of hydrogen-bond donors (Lipinski definition) is 1. The van der Waals surface area contributed by atoms with Crippen LogP contribution in [0.1, 0.15) is 0 Å². The molecule has 100 valence electrons. The van der Waals surface area contributed by atoms with Gasteiger partial charge in [-0.1, -0.05) is 0 Å². The average molecular weight is 264 g/mol. The highest BCUT2D eigenvalue weighted by molar-refractivity contribution is 5.48. The Hall–Kier alpha value is -2.35. The van der Waals surface area contributed by atoms with Crippen molar-refractivity contribution in [3.63, 3.8) is 0 Å². The second-order valence-electron chi connectivity index (χ2n) is 3.74. The van der Waals surface area contributed by atoms with Gasteiger partial charge >= 0.3 is 0 Å². The molecule has 2 aromatic heterocycles. The Morgan fingerprint density at radius 1 is 1.53 bits per heavy atom. The first-order valence-corrected chi connectivity index (χ1v) is 5.54. The Kier molecular flexibility index (Phi) is 4.14. The summed E-state index contributed by atoms with van der Waals surface area (Å²) in [6.45, 7) is 0.211. The van der Waals surface area contributed by atoms with Crippen LogP contribution in [0.25, 0.3) is 11.5 Å². The molecule has 0 amide bonds. The van der Waals surface area contributed by atoms with Gasteiger partial charge in [-0.05, 0) is 17.3 Å². The first-order valence-electron chi connectivity index (χ1n) is 5.54. The molecule has 0 aliphatic carbocycles. The standard InChI is InChI=1S/C11H13FN6O/c1-18-16-11(15-17-18)10-3-2-9(6-14-10)19-7-8(4-12)5-13/h2-4,6H,5,7,13H2,1H3. The molecule has 2 rings (SSSR count). The molecule has 2 heterocycles. The van der Waals surface area contributed by atoms with Crippen molar-refractivity contribution >= 4 is 0 Å². The Labute approximate surface area is 108 Å². The van der Waals surface area contributed by atoms with E-state index in [0.717, 1.165) is 0 Å². The lowest BCUT2D eigenvalue weighted by Crippen LogP contribution is -2.10. The molecule has 7 nitrogen and oxygen atoms in total. The van der Waals surface area contributed by atoms with Crippen LogP contribution >= 0.6 is 0 Å². The minimum atomic E-state index is 0.0947. The number of ether oxygens (including phenoxy) is 1. The monoisotopic (exact) mass is 264 g/mol. The van der Waals surface area contributed by atoms with Gasteiger partial charge in [0.1, 0.15) is 18.1 Å². The molecule has 0 saturated carbocycles. The molecular formula is C11H13FN6O. The summed E-state index contributed by atoms with van der Waals surface area (Å²) in [6.07, 6.45) is 1.96. The van der Waals surface area contributed by atoms with E-state index < -0.39 is 0 Å². The van der Waals surface area contributed by atoms with E-state index in [0.29, 0.717) is 29.2 Å². The second-order valence-corrected chi connectivity index (χ2v) is 3.74. The topological polar surface area (TPSA) is 91.7 Å². The lowest BCUT2D eigenvalue weighted by Gasteiger charge is -2.06. The van der Waals surface area contributed by atoms with Crippen LogP contribution in [0.3, 0.4) is 0 Å². The zero-order valence-corrected chi connectivity index (χ0v) is 10.3. The van der Waals surface area contributed by atoms with E-state index in [2.05, 4.69) is 20.4 Å². The Morgan fingerprint density at radius 2 is 2.37 bits per heavy atom. The molecule has 0 bridgehead atoms. The van der Waals surface area contributed by atoms with Gasteiger partial charge in [0, 0.05) is 12.1 Å². The Bertz CT molecular complexity index is 565. The van der Waals surface area contributed by atoms with Crippen LogP contribution in [-0.4, -0.2) is 38.3 Å². The summed E-state index contributed by atoms with van der Waals surface area (Å²) in [4.78, 5) is 5.49. The molecule has 0 fully saturated rings. The summed E-state index contributed by atoms with van der Waals surface area (Å²) in [6, 6.07) is 3.40. The van der Waals surface area contributed by atoms with Crippen molar-refractivity contribution in [2.24, 2.45) is 12.8 Å². The normalized spacial score (nSPS) is 11.6. The van der Waals surface area contributed by atoms with Crippen molar-refractivity contribution in [3.8, 4) is 17.3 Å². The van der Waals surface area contributed by atoms with Gasteiger partial charge in [0.2, 0.25) is 5.82 Å². The van der Waals surface area contributed by atoms with Crippen LogP contribution < -0.4 is 10.5 Å². The van der Waals surface area contributed by atoms with Gasteiger partial charge < -0.3 is 10.5 Å². The molecule has 8 heteroatoms. The smallest absolute Gasteiger partial charge is 0.223 e. The summed E-state index contributed by atoms with van der Waals surface area (Å²) in [5.41, 5.74) is 6.28. The van der Waals surface area contributed by atoms with Crippen LogP contribution in [0, 0.1) is 0 Å². The van der Waals surface area contributed by atoms with Gasteiger partial charge in [0.05, 0.1) is 19.6 Å². The molecule has 19 heavy (non-hydrogen) atoms. The lowest BCUT2D eigenvalue weighted by molar-refractivity contribution is 0.346. The zero-order chi connectivity index (χ0) is 13.7. The molecule has 0 radical (unpaired) electrons. The molecule has 0 atom stereocenters. The summed E-state index contributed by atoms with van der Waals surface area (Å²) >= 11 is 0. The quantitative estimate of drug-likeness (QED) is 0.843. The maximum Gasteiger partial charge on any atom is 0.223 e. The average Bonchev–Trinajstić information content (AvgIpc) is 2.87. The van der Waals surface area contributed by atoms with Gasteiger partial charge in [-0.2, -0.15) is 4.80 Å². The number of pyridine rings is 1.